The maximum absolute atomic E-state index is 13.1. The molecule has 1 aromatic heterocycles. The Kier molecular flexibility index (Phi) is 6.18. The first kappa shape index (κ1) is 21.2. The summed E-state index contributed by atoms with van der Waals surface area (Å²) in [6, 6.07) is 7.46. The predicted octanol–water partition coefficient (Wildman–Crippen LogP) is 4.31. The zero-order chi connectivity index (χ0) is 21.3. The number of carbonyl (C=O) groups excluding carboxylic acids is 3. The number of rotatable bonds is 6. The molecule has 2 aromatic rings. The Hall–Kier alpha value is -2.53. The minimum absolute atomic E-state index is 0.00131. The summed E-state index contributed by atoms with van der Waals surface area (Å²) in [5, 5.41) is 0. The van der Waals surface area contributed by atoms with E-state index in [0.29, 0.717) is 24.3 Å². The van der Waals surface area contributed by atoms with E-state index in [1.165, 1.54) is 6.92 Å². The highest BCUT2D eigenvalue weighted by atomic mass is 16.1. The molecule has 0 unspecified atom stereocenters. The number of aromatic amines is 1. The van der Waals surface area contributed by atoms with Crippen molar-refractivity contribution < 1.29 is 14.4 Å². The van der Waals surface area contributed by atoms with Crippen molar-refractivity contribution >= 4 is 17.3 Å². The van der Waals surface area contributed by atoms with Crippen LogP contribution in [0.2, 0.25) is 0 Å². The van der Waals surface area contributed by atoms with Gasteiger partial charge in [-0.3, -0.25) is 19.3 Å². The lowest BCUT2D eigenvalue weighted by Crippen LogP contribution is -2.45. The van der Waals surface area contributed by atoms with Crippen LogP contribution in [0, 0.1) is 26.7 Å². The van der Waals surface area contributed by atoms with E-state index < -0.39 is 0 Å². The molecule has 1 atom stereocenters. The van der Waals surface area contributed by atoms with E-state index in [-0.39, 0.29) is 29.3 Å². The Morgan fingerprint density at radius 1 is 1.03 bits per heavy atom. The predicted molar refractivity (Wildman–Crippen MR) is 114 cm³/mol. The van der Waals surface area contributed by atoms with Gasteiger partial charge in [0.15, 0.2) is 17.3 Å². The molecule has 0 aliphatic carbocycles. The fraction of sp³-hybridized carbons (Fsp3) is 0.458. The van der Waals surface area contributed by atoms with Crippen LogP contribution in [-0.4, -0.2) is 46.4 Å². The highest BCUT2D eigenvalue weighted by Gasteiger charge is 2.32. The highest BCUT2D eigenvalue weighted by molar-refractivity contribution is 6.05. The van der Waals surface area contributed by atoms with Crippen LogP contribution in [0.3, 0.4) is 0 Å². The number of carbonyl (C=O) groups is 3. The zero-order valence-electron chi connectivity index (χ0n) is 18.0. The van der Waals surface area contributed by atoms with Crippen molar-refractivity contribution in [3.8, 4) is 0 Å². The number of benzene rings is 1. The number of nitrogens with one attached hydrogen (secondary N) is 1. The molecule has 1 aliphatic rings. The first-order chi connectivity index (χ1) is 13.7. The molecule has 5 nitrogen and oxygen atoms in total. The van der Waals surface area contributed by atoms with Gasteiger partial charge in [0, 0.05) is 22.7 Å². The number of Topliss-reactive ketones (excluding diaryl/α,β-unsaturated/α-hetero) is 3. The molecule has 0 saturated carbocycles. The maximum atomic E-state index is 13.1. The molecule has 0 amide bonds. The van der Waals surface area contributed by atoms with Gasteiger partial charge in [-0.1, -0.05) is 29.8 Å². The van der Waals surface area contributed by atoms with Crippen LogP contribution in [0.25, 0.3) is 0 Å². The van der Waals surface area contributed by atoms with Gasteiger partial charge in [0.25, 0.3) is 0 Å². The Bertz CT molecular complexity index is 932. The third kappa shape index (κ3) is 4.25. The average Bonchev–Trinajstić information content (AvgIpc) is 3.01. The summed E-state index contributed by atoms with van der Waals surface area (Å²) >= 11 is 0. The number of H-pyrrole nitrogens is 1. The van der Waals surface area contributed by atoms with Crippen molar-refractivity contribution in [2.24, 2.45) is 5.92 Å². The van der Waals surface area contributed by atoms with Crippen LogP contribution in [-0.2, 0) is 0 Å². The van der Waals surface area contributed by atoms with Crippen molar-refractivity contribution in [1.82, 2.24) is 9.88 Å². The van der Waals surface area contributed by atoms with Crippen LogP contribution in [0.4, 0.5) is 0 Å². The van der Waals surface area contributed by atoms with Gasteiger partial charge in [-0.25, -0.2) is 0 Å². The summed E-state index contributed by atoms with van der Waals surface area (Å²) in [7, 11) is 0. The minimum Gasteiger partial charge on any atom is -0.355 e. The number of ketones is 3. The van der Waals surface area contributed by atoms with Gasteiger partial charge < -0.3 is 4.98 Å². The maximum Gasteiger partial charge on any atom is 0.196 e. The molecule has 29 heavy (non-hydrogen) atoms. The fourth-order valence-electron chi connectivity index (χ4n) is 4.40. The molecule has 3 rings (SSSR count). The van der Waals surface area contributed by atoms with E-state index in [2.05, 4.69) is 9.88 Å². The Morgan fingerprint density at radius 3 is 2.14 bits per heavy atom. The molecule has 154 valence electrons. The first-order valence-corrected chi connectivity index (χ1v) is 10.3. The third-order valence-electron chi connectivity index (χ3n) is 6.20. The van der Waals surface area contributed by atoms with Crippen LogP contribution in [0.1, 0.15) is 74.7 Å². The molecule has 1 N–H and O–H groups in total. The summed E-state index contributed by atoms with van der Waals surface area (Å²) < 4.78 is 0. The molecule has 1 saturated heterocycles. The van der Waals surface area contributed by atoms with Gasteiger partial charge in [0.1, 0.15) is 0 Å². The third-order valence-corrected chi connectivity index (χ3v) is 6.20. The lowest BCUT2D eigenvalue weighted by molar-refractivity contribution is 0.0710. The fourth-order valence-corrected chi connectivity index (χ4v) is 4.40. The number of hydrogen-bond acceptors (Lipinski definition) is 4. The van der Waals surface area contributed by atoms with Crippen LogP contribution in [0.15, 0.2) is 24.3 Å². The second-order valence-electron chi connectivity index (χ2n) is 8.26. The van der Waals surface area contributed by atoms with E-state index in [1.54, 1.807) is 0 Å². The highest BCUT2D eigenvalue weighted by Crippen LogP contribution is 2.26. The molecular weight excluding hydrogens is 364 g/mol. The van der Waals surface area contributed by atoms with Gasteiger partial charge in [-0.05, 0) is 66.1 Å². The van der Waals surface area contributed by atoms with Gasteiger partial charge in [0.05, 0.1) is 11.7 Å². The second kappa shape index (κ2) is 8.46. The molecule has 2 heterocycles. The number of aryl methyl sites for hydroxylation is 2. The van der Waals surface area contributed by atoms with Gasteiger partial charge in [0.2, 0.25) is 0 Å². The number of likely N-dealkylation sites (tertiary alicyclic amines) is 1. The Labute approximate surface area is 172 Å². The number of hydrogen-bond donors (Lipinski definition) is 1. The molecule has 1 fully saturated rings. The van der Waals surface area contributed by atoms with E-state index in [1.807, 2.05) is 52.0 Å². The monoisotopic (exact) mass is 394 g/mol. The largest absolute Gasteiger partial charge is 0.355 e. The number of piperidine rings is 1. The van der Waals surface area contributed by atoms with Crippen molar-refractivity contribution in [1.29, 1.82) is 0 Å². The van der Waals surface area contributed by atoms with Crippen LogP contribution in [0.5, 0.6) is 0 Å². The molecule has 0 spiro atoms. The van der Waals surface area contributed by atoms with E-state index in [0.717, 1.165) is 35.2 Å². The van der Waals surface area contributed by atoms with Crippen molar-refractivity contribution in [3.63, 3.8) is 0 Å². The van der Waals surface area contributed by atoms with Crippen molar-refractivity contribution in [2.45, 2.75) is 53.5 Å². The lowest BCUT2D eigenvalue weighted by Gasteiger charge is -2.34. The summed E-state index contributed by atoms with van der Waals surface area (Å²) in [5.41, 5.74) is 4.53. The summed E-state index contributed by atoms with van der Waals surface area (Å²) in [4.78, 5) is 43.0. The number of nitrogens with zero attached hydrogens (tertiary/aromatic N) is 1. The quantitative estimate of drug-likeness (QED) is 0.741. The van der Waals surface area contributed by atoms with Crippen molar-refractivity contribution in [2.75, 3.05) is 13.1 Å². The normalized spacial score (nSPS) is 16.6. The molecule has 0 radical (unpaired) electrons. The van der Waals surface area contributed by atoms with Gasteiger partial charge in [-0.15, -0.1) is 0 Å². The first-order valence-electron chi connectivity index (χ1n) is 10.3. The SMILES string of the molecule is CC(=O)c1c(C)[nH]c(C(=O)[C@@H](C)N2CCC(C(=O)c3ccc(C)cc3)CC2)c1C. The topological polar surface area (TPSA) is 70.2 Å². The van der Waals surface area contributed by atoms with Crippen molar-refractivity contribution in [3.05, 3.63) is 57.9 Å². The van der Waals surface area contributed by atoms with E-state index in [4.69, 9.17) is 0 Å². The summed E-state index contributed by atoms with van der Waals surface area (Å²) in [5.74, 6) is 0.181. The standard InChI is InChI=1S/C24H30N2O3/c1-14-6-8-19(9-7-14)24(29)20-10-12-26(13-11-20)17(4)23(28)22-15(2)21(18(5)27)16(3)25-22/h6-9,17,20,25H,10-13H2,1-5H3/t17-/m1/s1. The second-order valence-corrected chi connectivity index (χ2v) is 8.26. The summed E-state index contributed by atoms with van der Waals surface area (Å²) in [6.07, 6.45) is 1.51. The molecular formula is C24H30N2O3. The van der Waals surface area contributed by atoms with Gasteiger partial charge >= 0.3 is 0 Å². The lowest BCUT2D eigenvalue weighted by atomic mass is 9.88. The molecule has 5 heteroatoms. The number of aromatic nitrogens is 1. The Balaban J connectivity index is 1.65. The molecule has 0 bridgehead atoms. The Morgan fingerprint density at radius 2 is 1.62 bits per heavy atom. The van der Waals surface area contributed by atoms with Gasteiger partial charge in [-0.2, -0.15) is 0 Å². The smallest absolute Gasteiger partial charge is 0.196 e. The summed E-state index contributed by atoms with van der Waals surface area (Å²) in [6.45, 7) is 10.5. The molecule has 1 aromatic carbocycles. The minimum atomic E-state index is -0.290. The zero-order valence-corrected chi connectivity index (χ0v) is 18.0. The van der Waals surface area contributed by atoms with Crippen LogP contribution < -0.4 is 0 Å². The van der Waals surface area contributed by atoms with Crippen LogP contribution >= 0.6 is 0 Å². The average molecular weight is 395 g/mol. The van der Waals surface area contributed by atoms with E-state index >= 15 is 0 Å². The van der Waals surface area contributed by atoms with E-state index in [9.17, 15) is 14.4 Å². The molecule has 1 aliphatic heterocycles.